The van der Waals surface area contributed by atoms with Crippen LogP contribution in [-0.4, -0.2) is 22.7 Å². The van der Waals surface area contributed by atoms with E-state index >= 15 is 0 Å². The van der Waals surface area contributed by atoms with E-state index in [-0.39, 0.29) is 17.7 Å². The Bertz CT molecular complexity index is 453. The molecule has 5 nitrogen and oxygen atoms in total. The predicted octanol–water partition coefficient (Wildman–Crippen LogP) is 2.31. The van der Waals surface area contributed by atoms with Crippen LogP contribution >= 0.6 is 0 Å². The Hall–Kier alpha value is -1.69. The number of hydrogen-bond acceptors (Lipinski definition) is 4. The molecule has 18 heavy (non-hydrogen) atoms. The molecule has 0 radical (unpaired) electrons. The third-order valence-electron chi connectivity index (χ3n) is 3.26. The summed E-state index contributed by atoms with van der Waals surface area (Å²) in [4.78, 5) is 10.1. The minimum atomic E-state index is -0.837. The summed E-state index contributed by atoms with van der Waals surface area (Å²) in [6, 6.07) is 4.00. The van der Waals surface area contributed by atoms with Crippen molar-refractivity contribution in [2.24, 2.45) is 5.92 Å². The van der Waals surface area contributed by atoms with E-state index in [4.69, 9.17) is 0 Å². The molecular weight excluding hydrogens is 239 g/mol. The number of rotatable bonds is 4. The lowest BCUT2D eigenvalue weighted by molar-refractivity contribution is -0.386. The van der Waals surface area contributed by atoms with Gasteiger partial charge >= 0.3 is 5.69 Å². The first-order chi connectivity index (χ1) is 8.58. The van der Waals surface area contributed by atoms with Gasteiger partial charge in [0.2, 0.25) is 5.82 Å². The Balaban J connectivity index is 2.05. The molecule has 1 aromatic carbocycles. The van der Waals surface area contributed by atoms with Crippen LogP contribution in [0.3, 0.4) is 0 Å². The van der Waals surface area contributed by atoms with Crippen LogP contribution in [0.15, 0.2) is 18.2 Å². The highest BCUT2D eigenvalue weighted by Gasteiger charge is 2.24. The fraction of sp³-hybridized carbons (Fsp3) is 0.500. The van der Waals surface area contributed by atoms with E-state index in [2.05, 4.69) is 5.32 Å². The second-order valence-corrected chi connectivity index (χ2v) is 4.61. The topological polar surface area (TPSA) is 75.4 Å². The van der Waals surface area contributed by atoms with Crippen LogP contribution in [0.25, 0.3) is 0 Å². The van der Waals surface area contributed by atoms with Gasteiger partial charge in [0.1, 0.15) is 5.69 Å². The van der Waals surface area contributed by atoms with Crippen molar-refractivity contribution < 1.29 is 14.4 Å². The van der Waals surface area contributed by atoms with Gasteiger partial charge in [-0.15, -0.1) is 0 Å². The Morgan fingerprint density at radius 2 is 2.28 bits per heavy atom. The first kappa shape index (κ1) is 12.8. The van der Waals surface area contributed by atoms with Gasteiger partial charge in [0, 0.05) is 6.54 Å². The first-order valence-electron chi connectivity index (χ1n) is 5.92. The minimum absolute atomic E-state index is 0.196. The molecule has 1 aromatic rings. The Morgan fingerprint density at radius 1 is 1.50 bits per heavy atom. The molecule has 0 aliphatic heterocycles. The molecule has 1 saturated carbocycles. The summed E-state index contributed by atoms with van der Waals surface area (Å²) in [5, 5.41) is 23.1. The summed E-state index contributed by atoms with van der Waals surface area (Å²) >= 11 is 0. The molecule has 0 amide bonds. The monoisotopic (exact) mass is 254 g/mol. The summed E-state index contributed by atoms with van der Waals surface area (Å²) in [6.07, 6.45) is 2.06. The lowest BCUT2D eigenvalue weighted by atomic mass is 10.1. The maximum atomic E-state index is 13.3. The smallest absolute Gasteiger partial charge is 0.327 e. The Kier molecular flexibility index (Phi) is 3.76. The van der Waals surface area contributed by atoms with Crippen molar-refractivity contribution in [1.82, 2.24) is 0 Å². The summed E-state index contributed by atoms with van der Waals surface area (Å²) in [5.74, 6) is -0.556. The second-order valence-electron chi connectivity index (χ2n) is 4.61. The summed E-state index contributed by atoms with van der Waals surface area (Å²) < 4.78 is 13.3. The molecule has 0 aromatic heterocycles. The standard InChI is InChI=1S/C12H15FN2O3/c13-10-2-1-3-11(12(10)15(17)18)14-7-8-4-5-9(16)6-8/h1-3,8-9,14,16H,4-7H2. The van der Waals surface area contributed by atoms with Crippen LogP contribution in [0.4, 0.5) is 15.8 Å². The lowest BCUT2D eigenvalue weighted by Gasteiger charge is -2.12. The molecule has 0 saturated heterocycles. The molecule has 1 aliphatic rings. The molecule has 0 spiro atoms. The number of aliphatic hydroxyl groups is 1. The van der Waals surface area contributed by atoms with Gasteiger partial charge in [-0.2, -0.15) is 4.39 Å². The van der Waals surface area contributed by atoms with E-state index in [0.717, 1.165) is 18.9 Å². The maximum absolute atomic E-state index is 13.3. The Labute approximate surface area is 104 Å². The summed E-state index contributed by atoms with van der Waals surface area (Å²) in [7, 11) is 0. The molecule has 98 valence electrons. The van der Waals surface area contributed by atoms with E-state index in [1.807, 2.05) is 0 Å². The average molecular weight is 254 g/mol. The van der Waals surface area contributed by atoms with Crippen LogP contribution in [0.2, 0.25) is 0 Å². The third kappa shape index (κ3) is 2.76. The number of nitro benzene ring substituents is 1. The zero-order chi connectivity index (χ0) is 13.1. The number of nitrogens with one attached hydrogen (secondary N) is 1. The molecule has 2 rings (SSSR count). The van der Waals surface area contributed by atoms with Crippen LogP contribution < -0.4 is 5.32 Å². The third-order valence-corrected chi connectivity index (χ3v) is 3.26. The molecule has 6 heteroatoms. The van der Waals surface area contributed by atoms with Gasteiger partial charge in [0.25, 0.3) is 0 Å². The summed E-state index contributed by atoms with van der Waals surface area (Å²) in [5.41, 5.74) is -0.322. The minimum Gasteiger partial charge on any atom is -0.393 e. The highest BCUT2D eigenvalue weighted by atomic mass is 19.1. The van der Waals surface area contributed by atoms with Gasteiger partial charge < -0.3 is 10.4 Å². The molecule has 0 heterocycles. The van der Waals surface area contributed by atoms with Crippen molar-refractivity contribution >= 4 is 11.4 Å². The van der Waals surface area contributed by atoms with Crippen molar-refractivity contribution in [2.45, 2.75) is 25.4 Å². The van der Waals surface area contributed by atoms with Gasteiger partial charge in [-0.05, 0) is 37.3 Å². The zero-order valence-electron chi connectivity index (χ0n) is 9.80. The number of hydrogen-bond donors (Lipinski definition) is 2. The molecule has 2 N–H and O–H groups in total. The average Bonchev–Trinajstić information content (AvgIpc) is 2.72. The second kappa shape index (κ2) is 5.30. The van der Waals surface area contributed by atoms with Crippen molar-refractivity contribution in [3.05, 3.63) is 34.1 Å². The van der Waals surface area contributed by atoms with Crippen molar-refractivity contribution in [3.63, 3.8) is 0 Å². The highest BCUT2D eigenvalue weighted by molar-refractivity contribution is 5.61. The molecule has 0 bridgehead atoms. The largest absolute Gasteiger partial charge is 0.393 e. The maximum Gasteiger partial charge on any atom is 0.327 e. The zero-order valence-corrected chi connectivity index (χ0v) is 9.80. The number of halogens is 1. The number of aliphatic hydroxyl groups excluding tert-OH is 1. The lowest BCUT2D eigenvalue weighted by Crippen LogP contribution is -2.13. The van der Waals surface area contributed by atoms with Crippen molar-refractivity contribution in [1.29, 1.82) is 0 Å². The number of nitrogens with zero attached hydrogens (tertiary/aromatic N) is 1. The van der Waals surface area contributed by atoms with Crippen LogP contribution in [0.5, 0.6) is 0 Å². The highest BCUT2D eigenvalue weighted by Crippen LogP contribution is 2.30. The molecule has 1 aliphatic carbocycles. The van der Waals surface area contributed by atoms with E-state index < -0.39 is 16.4 Å². The van der Waals surface area contributed by atoms with Gasteiger partial charge in [0.15, 0.2) is 0 Å². The number of para-hydroxylation sites is 1. The molecule has 2 unspecified atom stereocenters. The van der Waals surface area contributed by atoms with Gasteiger partial charge in [0.05, 0.1) is 11.0 Å². The number of anilines is 1. The number of benzene rings is 1. The normalized spacial score (nSPS) is 23.0. The van der Waals surface area contributed by atoms with Gasteiger partial charge in [-0.25, -0.2) is 0 Å². The predicted molar refractivity (Wildman–Crippen MR) is 64.9 cm³/mol. The molecular formula is C12H15FN2O3. The van der Waals surface area contributed by atoms with E-state index in [1.165, 1.54) is 12.1 Å². The van der Waals surface area contributed by atoms with Gasteiger partial charge in [-0.1, -0.05) is 6.07 Å². The van der Waals surface area contributed by atoms with Crippen LogP contribution in [-0.2, 0) is 0 Å². The quantitative estimate of drug-likeness (QED) is 0.638. The van der Waals surface area contributed by atoms with Crippen LogP contribution in [0, 0.1) is 21.8 Å². The van der Waals surface area contributed by atoms with E-state index in [0.29, 0.717) is 13.0 Å². The van der Waals surface area contributed by atoms with Crippen molar-refractivity contribution in [3.8, 4) is 0 Å². The fourth-order valence-electron chi connectivity index (χ4n) is 2.33. The SMILES string of the molecule is O=[N+]([O-])c1c(F)cccc1NCC1CCC(O)C1. The fourth-order valence-corrected chi connectivity index (χ4v) is 2.33. The van der Waals surface area contributed by atoms with Crippen molar-refractivity contribution in [2.75, 3.05) is 11.9 Å². The summed E-state index contributed by atoms with van der Waals surface area (Å²) in [6.45, 7) is 0.515. The van der Waals surface area contributed by atoms with Crippen LogP contribution in [0.1, 0.15) is 19.3 Å². The van der Waals surface area contributed by atoms with E-state index in [1.54, 1.807) is 0 Å². The molecule has 1 fully saturated rings. The molecule has 2 atom stereocenters. The Morgan fingerprint density at radius 3 is 2.89 bits per heavy atom. The van der Waals surface area contributed by atoms with E-state index in [9.17, 15) is 19.6 Å². The first-order valence-corrected chi connectivity index (χ1v) is 5.92. The number of nitro groups is 1. The van der Waals surface area contributed by atoms with Gasteiger partial charge in [-0.3, -0.25) is 10.1 Å².